The average Bonchev–Trinajstić information content (AvgIpc) is 3.04. The lowest BCUT2D eigenvalue weighted by molar-refractivity contribution is -0.158. The molecule has 2 fully saturated rings. The lowest BCUT2D eigenvalue weighted by Gasteiger charge is -2.38. The summed E-state index contributed by atoms with van der Waals surface area (Å²) >= 11 is 0. The van der Waals surface area contributed by atoms with Crippen LogP contribution in [-0.2, 0) is 14.3 Å². The van der Waals surface area contributed by atoms with Gasteiger partial charge in [-0.1, -0.05) is 6.08 Å². The van der Waals surface area contributed by atoms with Crippen molar-refractivity contribution >= 4 is 5.97 Å². The van der Waals surface area contributed by atoms with E-state index in [1.165, 1.54) is 7.11 Å². The fourth-order valence-electron chi connectivity index (χ4n) is 2.50. The highest BCUT2D eigenvalue weighted by Gasteiger charge is 2.55. The SMILES string of the molecule is C=C[C@H]1O[C@H](CC(=O)OC)CC2(CC2)[C@@H]1O. The van der Waals surface area contributed by atoms with E-state index >= 15 is 0 Å². The fraction of sp³-hybridized carbons (Fsp3) is 0.750. The van der Waals surface area contributed by atoms with Gasteiger partial charge in [0.05, 0.1) is 25.7 Å². The Hall–Kier alpha value is -0.870. The summed E-state index contributed by atoms with van der Waals surface area (Å²) in [5.41, 5.74) is -0.0319. The van der Waals surface area contributed by atoms with Gasteiger partial charge in [-0.3, -0.25) is 4.79 Å². The molecule has 4 nitrogen and oxygen atoms in total. The molecule has 1 N–H and O–H groups in total. The molecule has 0 amide bonds. The number of hydrogen-bond acceptors (Lipinski definition) is 4. The Morgan fingerprint density at radius 2 is 2.38 bits per heavy atom. The van der Waals surface area contributed by atoms with E-state index in [0.717, 1.165) is 19.3 Å². The van der Waals surface area contributed by atoms with Crippen LogP contribution < -0.4 is 0 Å². The zero-order valence-electron chi connectivity index (χ0n) is 9.52. The third kappa shape index (κ3) is 1.99. The first-order valence-electron chi connectivity index (χ1n) is 5.64. The van der Waals surface area contributed by atoms with Crippen molar-refractivity contribution in [2.45, 2.75) is 44.0 Å². The highest BCUT2D eigenvalue weighted by molar-refractivity contribution is 5.69. The van der Waals surface area contributed by atoms with Crippen LogP contribution in [0, 0.1) is 5.41 Å². The first-order valence-corrected chi connectivity index (χ1v) is 5.64. The number of aliphatic hydroxyl groups is 1. The molecule has 2 rings (SSSR count). The zero-order valence-corrected chi connectivity index (χ0v) is 9.52. The Kier molecular flexibility index (Phi) is 3.04. The van der Waals surface area contributed by atoms with Gasteiger partial charge in [0.1, 0.15) is 6.10 Å². The molecule has 0 bridgehead atoms. The number of esters is 1. The molecular weight excluding hydrogens is 208 g/mol. The van der Waals surface area contributed by atoms with Crippen molar-refractivity contribution in [3.05, 3.63) is 12.7 Å². The molecule has 0 aromatic carbocycles. The number of methoxy groups -OCH3 is 1. The van der Waals surface area contributed by atoms with Crippen LogP contribution in [0.25, 0.3) is 0 Å². The molecule has 2 aliphatic rings. The van der Waals surface area contributed by atoms with E-state index in [9.17, 15) is 9.90 Å². The van der Waals surface area contributed by atoms with Gasteiger partial charge in [-0.05, 0) is 19.3 Å². The molecule has 1 aliphatic heterocycles. The van der Waals surface area contributed by atoms with E-state index in [0.29, 0.717) is 0 Å². The largest absolute Gasteiger partial charge is 0.469 e. The monoisotopic (exact) mass is 226 g/mol. The molecule has 16 heavy (non-hydrogen) atoms. The maximum absolute atomic E-state index is 11.2. The van der Waals surface area contributed by atoms with Gasteiger partial charge in [0.15, 0.2) is 0 Å². The second-order valence-electron chi connectivity index (χ2n) is 4.75. The minimum atomic E-state index is -0.473. The maximum Gasteiger partial charge on any atom is 0.308 e. The van der Waals surface area contributed by atoms with E-state index in [4.69, 9.17) is 4.74 Å². The molecule has 0 aromatic heterocycles. The minimum absolute atomic E-state index is 0.0319. The number of carbonyl (C=O) groups is 1. The molecule has 3 atom stereocenters. The highest BCUT2D eigenvalue weighted by atomic mass is 16.5. The van der Waals surface area contributed by atoms with Crippen molar-refractivity contribution < 1.29 is 19.4 Å². The fourth-order valence-corrected chi connectivity index (χ4v) is 2.50. The van der Waals surface area contributed by atoms with Crippen molar-refractivity contribution in [1.82, 2.24) is 0 Å². The topological polar surface area (TPSA) is 55.8 Å². The minimum Gasteiger partial charge on any atom is -0.469 e. The van der Waals surface area contributed by atoms with Gasteiger partial charge < -0.3 is 14.6 Å². The van der Waals surface area contributed by atoms with E-state index in [1.54, 1.807) is 6.08 Å². The number of aliphatic hydroxyl groups excluding tert-OH is 1. The number of hydrogen-bond donors (Lipinski definition) is 1. The van der Waals surface area contributed by atoms with Crippen LogP contribution in [-0.4, -0.2) is 36.5 Å². The Morgan fingerprint density at radius 3 is 2.88 bits per heavy atom. The Labute approximate surface area is 95.2 Å². The summed E-state index contributed by atoms with van der Waals surface area (Å²) in [4.78, 5) is 11.2. The maximum atomic E-state index is 11.2. The van der Waals surface area contributed by atoms with Gasteiger partial charge >= 0.3 is 5.97 Å². The second-order valence-corrected chi connectivity index (χ2v) is 4.75. The van der Waals surface area contributed by atoms with Gasteiger partial charge in [-0.2, -0.15) is 0 Å². The average molecular weight is 226 g/mol. The smallest absolute Gasteiger partial charge is 0.308 e. The Morgan fingerprint density at radius 1 is 1.69 bits per heavy atom. The number of rotatable bonds is 3. The first kappa shape index (κ1) is 11.6. The normalized spacial score (nSPS) is 35.8. The summed E-state index contributed by atoms with van der Waals surface area (Å²) < 4.78 is 10.3. The van der Waals surface area contributed by atoms with Crippen molar-refractivity contribution in [3.8, 4) is 0 Å². The molecule has 0 radical (unpaired) electrons. The first-order chi connectivity index (χ1) is 7.61. The van der Waals surface area contributed by atoms with Crippen LogP contribution in [0.2, 0.25) is 0 Å². The lowest BCUT2D eigenvalue weighted by Crippen LogP contribution is -2.46. The van der Waals surface area contributed by atoms with Gasteiger partial charge in [0, 0.05) is 5.41 Å². The molecule has 4 heteroatoms. The van der Waals surface area contributed by atoms with Gasteiger partial charge in [0.2, 0.25) is 0 Å². The third-order valence-electron chi connectivity index (χ3n) is 3.67. The summed E-state index contributed by atoms with van der Waals surface area (Å²) in [6.07, 6.45) is 3.67. The number of carbonyl (C=O) groups excluding carboxylic acids is 1. The molecule has 1 saturated heterocycles. The molecule has 1 spiro atoms. The van der Waals surface area contributed by atoms with Crippen LogP contribution in [0.3, 0.4) is 0 Å². The van der Waals surface area contributed by atoms with Crippen molar-refractivity contribution in [2.75, 3.05) is 7.11 Å². The molecule has 1 heterocycles. The van der Waals surface area contributed by atoms with Crippen molar-refractivity contribution in [1.29, 1.82) is 0 Å². The van der Waals surface area contributed by atoms with Crippen molar-refractivity contribution in [2.24, 2.45) is 5.41 Å². The van der Waals surface area contributed by atoms with Crippen LogP contribution in [0.1, 0.15) is 25.7 Å². The third-order valence-corrected chi connectivity index (χ3v) is 3.67. The van der Waals surface area contributed by atoms with Crippen LogP contribution in [0.15, 0.2) is 12.7 Å². The molecule has 90 valence electrons. The summed E-state index contributed by atoms with van der Waals surface area (Å²) in [5, 5.41) is 10.1. The van der Waals surface area contributed by atoms with E-state index < -0.39 is 6.10 Å². The van der Waals surface area contributed by atoms with Crippen molar-refractivity contribution in [3.63, 3.8) is 0 Å². The molecule has 0 aromatic rings. The number of ether oxygens (including phenoxy) is 2. The van der Waals surface area contributed by atoms with Gasteiger partial charge in [-0.15, -0.1) is 6.58 Å². The standard InChI is InChI=1S/C12H18O4/c1-3-9-11(14)12(4-5-12)7-8(16-9)6-10(13)15-2/h3,8-9,11,14H,1,4-7H2,2H3/t8-,9-,11-/m1/s1. The van der Waals surface area contributed by atoms with Crippen LogP contribution in [0.5, 0.6) is 0 Å². The van der Waals surface area contributed by atoms with Gasteiger partial charge in [0.25, 0.3) is 0 Å². The van der Waals surface area contributed by atoms with E-state index in [-0.39, 0.29) is 30.0 Å². The van der Waals surface area contributed by atoms with Gasteiger partial charge in [-0.25, -0.2) is 0 Å². The van der Waals surface area contributed by atoms with Crippen LogP contribution >= 0.6 is 0 Å². The predicted molar refractivity (Wildman–Crippen MR) is 57.8 cm³/mol. The summed E-state index contributed by atoms with van der Waals surface area (Å²) in [5.74, 6) is -0.264. The van der Waals surface area contributed by atoms with E-state index in [2.05, 4.69) is 11.3 Å². The molecule has 0 unspecified atom stereocenters. The lowest BCUT2D eigenvalue weighted by atomic mass is 9.84. The van der Waals surface area contributed by atoms with Crippen LogP contribution in [0.4, 0.5) is 0 Å². The second kappa shape index (κ2) is 4.18. The molecule has 1 saturated carbocycles. The molecule has 1 aliphatic carbocycles. The Bertz CT molecular complexity index is 295. The molecular formula is C12H18O4. The summed E-state index contributed by atoms with van der Waals surface area (Å²) in [6, 6.07) is 0. The Balaban J connectivity index is 2.01. The highest BCUT2D eigenvalue weighted by Crippen LogP contribution is 2.56. The summed E-state index contributed by atoms with van der Waals surface area (Å²) in [7, 11) is 1.37. The predicted octanol–water partition coefficient (Wildman–Crippen LogP) is 1.03. The quantitative estimate of drug-likeness (QED) is 0.577. The summed E-state index contributed by atoms with van der Waals surface area (Å²) in [6.45, 7) is 3.66. The van der Waals surface area contributed by atoms with E-state index in [1.807, 2.05) is 0 Å². The zero-order chi connectivity index (χ0) is 11.8.